The molecule has 0 heterocycles. The van der Waals surface area contributed by atoms with E-state index in [0.717, 1.165) is 5.56 Å². The molecule has 1 aromatic carbocycles. The molecule has 0 radical (unpaired) electrons. The number of ether oxygens (including phenoxy) is 2. The third-order valence-corrected chi connectivity index (χ3v) is 3.03. The second kappa shape index (κ2) is 9.07. The van der Waals surface area contributed by atoms with Gasteiger partial charge in [0.25, 0.3) is 6.43 Å². The van der Waals surface area contributed by atoms with Crippen molar-refractivity contribution in [2.45, 2.75) is 25.3 Å². The molecule has 7 heteroatoms. The predicted octanol–water partition coefficient (Wildman–Crippen LogP) is 2.39. The average molecular weight is 309 g/mol. The van der Waals surface area contributed by atoms with Crippen molar-refractivity contribution in [2.75, 3.05) is 20.3 Å². The number of halogens is 3. The van der Waals surface area contributed by atoms with Gasteiger partial charge < -0.3 is 9.47 Å². The van der Waals surface area contributed by atoms with Crippen molar-refractivity contribution in [3.63, 3.8) is 0 Å². The summed E-state index contributed by atoms with van der Waals surface area (Å²) in [5.74, 6) is 6.18. The molecule has 0 amide bonds. The first kappa shape index (κ1) is 17.1. The molecule has 0 aliphatic rings. The maximum Gasteiger partial charge on any atom is 0.261 e. The molecule has 1 rings (SSSR count). The summed E-state index contributed by atoms with van der Waals surface area (Å²) in [7, 11) is 1.57. The standard InChI is InChI=1S/C13H19ClF2N2O2/c1-19-12-3-2-10(14)6-9(12)7-11(18-17)4-5-20-8-13(15)16/h2-3,6,11,13,18H,4-5,7-8,17H2,1H3. The fourth-order valence-corrected chi connectivity index (χ4v) is 2.01. The van der Waals surface area contributed by atoms with Crippen LogP contribution in [-0.4, -0.2) is 32.8 Å². The molecule has 0 spiro atoms. The zero-order valence-electron chi connectivity index (χ0n) is 11.2. The molecule has 0 saturated heterocycles. The largest absolute Gasteiger partial charge is 0.496 e. The van der Waals surface area contributed by atoms with Crippen LogP contribution < -0.4 is 16.0 Å². The zero-order chi connectivity index (χ0) is 15.0. The van der Waals surface area contributed by atoms with Crippen LogP contribution in [0.1, 0.15) is 12.0 Å². The lowest BCUT2D eigenvalue weighted by atomic mass is 10.0. The van der Waals surface area contributed by atoms with Crippen LogP contribution in [0.3, 0.4) is 0 Å². The van der Waals surface area contributed by atoms with E-state index in [9.17, 15) is 8.78 Å². The van der Waals surface area contributed by atoms with Gasteiger partial charge in [0.05, 0.1) is 7.11 Å². The van der Waals surface area contributed by atoms with Crippen molar-refractivity contribution in [1.82, 2.24) is 5.43 Å². The van der Waals surface area contributed by atoms with Crippen molar-refractivity contribution < 1.29 is 18.3 Å². The molecule has 0 aliphatic carbocycles. The fourth-order valence-electron chi connectivity index (χ4n) is 1.81. The first-order valence-electron chi connectivity index (χ1n) is 6.21. The highest BCUT2D eigenvalue weighted by Gasteiger charge is 2.12. The lowest BCUT2D eigenvalue weighted by molar-refractivity contribution is 0.0144. The molecule has 114 valence electrons. The predicted molar refractivity (Wildman–Crippen MR) is 74.3 cm³/mol. The Morgan fingerprint density at radius 2 is 2.15 bits per heavy atom. The molecule has 0 fully saturated rings. The molecule has 0 aliphatic heterocycles. The van der Waals surface area contributed by atoms with Gasteiger partial charge in [0, 0.05) is 17.7 Å². The maximum absolute atomic E-state index is 11.9. The third kappa shape index (κ3) is 6.00. The lowest BCUT2D eigenvalue weighted by Gasteiger charge is -2.18. The van der Waals surface area contributed by atoms with E-state index in [1.165, 1.54) is 0 Å². The van der Waals surface area contributed by atoms with Gasteiger partial charge >= 0.3 is 0 Å². The van der Waals surface area contributed by atoms with Crippen LogP contribution in [0.4, 0.5) is 8.78 Å². The summed E-state index contributed by atoms with van der Waals surface area (Å²) in [6, 6.07) is 5.20. The van der Waals surface area contributed by atoms with Crippen molar-refractivity contribution in [1.29, 1.82) is 0 Å². The van der Waals surface area contributed by atoms with Crippen molar-refractivity contribution in [3.8, 4) is 5.75 Å². The summed E-state index contributed by atoms with van der Waals surface area (Å²) >= 11 is 5.95. The summed E-state index contributed by atoms with van der Waals surface area (Å²) in [5, 5.41) is 0.602. The Kier molecular flexibility index (Phi) is 7.76. The van der Waals surface area contributed by atoms with Crippen LogP contribution in [0.25, 0.3) is 0 Å². The van der Waals surface area contributed by atoms with Crippen LogP contribution >= 0.6 is 11.6 Å². The summed E-state index contributed by atoms with van der Waals surface area (Å²) in [6.07, 6.45) is -1.37. The van der Waals surface area contributed by atoms with E-state index in [0.29, 0.717) is 23.6 Å². The topological polar surface area (TPSA) is 56.5 Å². The highest BCUT2D eigenvalue weighted by Crippen LogP contribution is 2.24. The summed E-state index contributed by atoms with van der Waals surface area (Å²) in [5.41, 5.74) is 3.54. The minimum atomic E-state index is -2.45. The van der Waals surface area contributed by atoms with Crippen LogP contribution in [0.2, 0.25) is 5.02 Å². The Bertz CT molecular complexity index is 408. The van der Waals surface area contributed by atoms with Crippen molar-refractivity contribution in [3.05, 3.63) is 28.8 Å². The van der Waals surface area contributed by atoms with E-state index >= 15 is 0 Å². The molecule has 1 aromatic rings. The molecule has 20 heavy (non-hydrogen) atoms. The van der Waals surface area contributed by atoms with E-state index in [1.54, 1.807) is 25.3 Å². The molecule has 3 N–H and O–H groups in total. The van der Waals surface area contributed by atoms with Crippen LogP contribution in [0, 0.1) is 0 Å². The summed E-state index contributed by atoms with van der Waals surface area (Å²) < 4.78 is 34.0. The minimum Gasteiger partial charge on any atom is -0.496 e. The van der Waals surface area contributed by atoms with Crippen molar-refractivity contribution >= 4 is 11.6 Å². The molecular formula is C13H19ClF2N2O2. The lowest BCUT2D eigenvalue weighted by Crippen LogP contribution is -2.37. The number of hydrazine groups is 1. The average Bonchev–Trinajstić information content (AvgIpc) is 2.42. The Labute approximate surface area is 122 Å². The van der Waals surface area contributed by atoms with E-state index < -0.39 is 13.0 Å². The molecule has 0 saturated carbocycles. The highest BCUT2D eigenvalue weighted by atomic mass is 35.5. The number of benzene rings is 1. The number of hydrogen-bond acceptors (Lipinski definition) is 4. The van der Waals surface area contributed by atoms with Gasteiger partial charge in [0.15, 0.2) is 0 Å². The first-order chi connectivity index (χ1) is 9.56. The molecule has 1 unspecified atom stereocenters. The number of nitrogens with one attached hydrogen (secondary N) is 1. The second-order valence-electron chi connectivity index (χ2n) is 4.28. The number of alkyl halides is 2. The smallest absolute Gasteiger partial charge is 0.261 e. The van der Waals surface area contributed by atoms with Crippen LogP contribution in [0.15, 0.2) is 18.2 Å². The molecule has 4 nitrogen and oxygen atoms in total. The molecule has 0 bridgehead atoms. The van der Waals surface area contributed by atoms with Gasteiger partial charge in [0.2, 0.25) is 0 Å². The third-order valence-electron chi connectivity index (χ3n) is 2.80. The number of rotatable bonds is 9. The van der Waals surface area contributed by atoms with Gasteiger partial charge in [-0.05, 0) is 36.6 Å². The van der Waals surface area contributed by atoms with Gasteiger partial charge in [-0.2, -0.15) is 0 Å². The van der Waals surface area contributed by atoms with E-state index in [2.05, 4.69) is 5.43 Å². The molecule has 1 atom stereocenters. The van der Waals surface area contributed by atoms with Crippen LogP contribution in [-0.2, 0) is 11.2 Å². The van der Waals surface area contributed by atoms with Crippen LogP contribution in [0.5, 0.6) is 5.75 Å². The molecule has 0 aromatic heterocycles. The zero-order valence-corrected chi connectivity index (χ0v) is 12.0. The Morgan fingerprint density at radius 1 is 1.40 bits per heavy atom. The minimum absolute atomic E-state index is 0.111. The quantitative estimate of drug-likeness (QED) is 0.418. The second-order valence-corrected chi connectivity index (χ2v) is 4.71. The van der Waals surface area contributed by atoms with Crippen molar-refractivity contribution in [2.24, 2.45) is 5.84 Å². The Hall–Kier alpha value is -0.950. The number of methoxy groups -OCH3 is 1. The Balaban J connectivity index is 2.53. The van der Waals surface area contributed by atoms with Gasteiger partial charge in [-0.25, -0.2) is 8.78 Å². The van der Waals surface area contributed by atoms with Gasteiger partial charge in [-0.1, -0.05) is 11.6 Å². The highest BCUT2D eigenvalue weighted by molar-refractivity contribution is 6.30. The fraction of sp³-hybridized carbons (Fsp3) is 0.538. The van der Waals surface area contributed by atoms with Gasteiger partial charge in [-0.15, -0.1) is 0 Å². The monoisotopic (exact) mass is 308 g/mol. The summed E-state index contributed by atoms with van der Waals surface area (Å²) in [4.78, 5) is 0. The van der Waals surface area contributed by atoms with E-state index in [-0.39, 0.29) is 12.6 Å². The van der Waals surface area contributed by atoms with E-state index in [4.69, 9.17) is 26.9 Å². The van der Waals surface area contributed by atoms with Gasteiger partial charge in [-0.3, -0.25) is 11.3 Å². The SMILES string of the molecule is COc1ccc(Cl)cc1CC(CCOCC(F)F)NN. The molecular weight excluding hydrogens is 290 g/mol. The number of nitrogens with two attached hydrogens (primary N) is 1. The first-order valence-corrected chi connectivity index (χ1v) is 6.59. The van der Waals surface area contributed by atoms with Gasteiger partial charge in [0.1, 0.15) is 12.4 Å². The summed E-state index contributed by atoms with van der Waals surface area (Å²) in [6.45, 7) is -0.347. The maximum atomic E-state index is 11.9. The normalized spacial score (nSPS) is 12.7. The Morgan fingerprint density at radius 3 is 2.75 bits per heavy atom. The van der Waals surface area contributed by atoms with E-state index in [1.807, 2.05) is 0 Å². The number of hydrogen-bond donors (Lipinski definition) is 2.